The zero-order valence-corrected chi connectivity index (χ0v) is 22.1. The van der Waals surface area contributed by atoms with E-state index in [0.29, 0.717) is 35.4 Å². The van der Waals surface area contributed by atoms with Gasteiger partial charge in [-0.05, 0) is 44.9 Å². The van der Waals surface area contributed by atoms with Crippen LogP contribution in [0.3, 0.4) is 0 Å². The molecule has 3 aromatic rings. The molecule has 1 aromatic carbocycles. The van der Waals surface area contributed by atoms with Crippen LogP contribution in [0.1, 0.15) is 56.2 Å². The van der Waals surface area contributed by atoms with Crippen molar-refractivity contribution in [3.05, 3.63) is 47.8 Å². The number of para-hydroxylation sites is 1. The molecular formula is C24H32N6O5S. The summed E-state index contributed by atoms with van der Waals surface area (Å²) in [6.45, 7) is 7.82. The van der Waals surface area contributed by atoms with Gasteiger partial charge in [-0.15, -0.1) is 10.2 Å². The second-order valence-corrected chi connectivity index (χ2v) is 11.0. The topological polar surface area (TPSA) is 130 Å². The van der Waals surface area contributed by atoms with E-state index >= 15 is 0 Å². The van der Waals surface area contributed by atoms with Crippen LogP contribution >= 0.6 is 0 Å². The molecule has 1 saturated heterocycles. The fourth-order valence-electron chi connectivity index (χ4n) is 4.28. The van der Waals surface area contributed by atoms with Gasteiger partial charge in [-0.25, -0.2) is 18.4 Å². The number of anilines is 1. The summed E-state index contributed by atoms with van der Waals surface area (Å²) in [5.74, 6) is 1.45. The summed E-state index contributed by atoms with van der Waals surface area (Å²) in [6.07, 6.45) is 3.96. The number of rotatable bonds is 9. The molecule has 12 heteroatoms. The van der Waals surface area contributed by atoms with E-state index in [-0.39, 0.29) is 18.0 Å². The van der Waals surface area contributed by atoms with Crippen LogP contribution in [0, 0.1) is 6.92 Å². The average Bonchev–Trinajstić information content (AvgIpc) is 3.47. The maximum Gasteiger partial charge on any atom is 0.243 e. The molecule has 0 amide bonds. The van der Waals surface area contributed by atoms with Crippen molar-refractivity contribution in [2.24, 2.45) is 0 Å². The molecule has 2 aromatic heterocycles. The second-order valence-electron chi connectivity index (χ2n) is 8.96. The molecule has 2 unspecified atom stereocenters. The molecule has 0 spiro atoms. The third kappa shape index (κ3) is 4.87. The van der Waals surface area contributed by atoms with Crippen molar-refractivity contribution < 1.29 is 22.6 Å². The molecule has 1 fully saturated rings. The van der Waals surface area contributed by atoms with Gasteiger partial charge in [0.15, 0.2) is 0 Å². The molecule has 1 aliphatic heterocycles. The average molecular weight is 517 g/mol. The maximum atomic E-state index is 13.5. The Bertz CT molecular complexity index is 1290. The van der Waals surface area contributed by atoms with Crippen LogP contribution in [-0.4, -0.2) is 65.3 Å². The predicted molar refractivity (Wildman–Crippen MR) is 134 cm³/mol. The molecule has 4 atom stereocenters. The van der Waals surface area contributed by atoms with Gasteiger partial charge in [-0.2, -0.15) is 0 Å². The Kier molecular flexibility index (Phi) is 7.46. The third-order valence-corrected chi connectivity index (χ3v) is 8.51. The number of nitrogens with zero attached hydrogens (tertiary/aromatic N) is 5. The van der Waals surface area contributed by atoms with Gasteiger partial charge in [0, 0.05) is 30.8 Å². The number of aryl methyl sites for hydroxylation is 1. The van der Waals surface area contributed by atoms with E-state index < -0.39 is 21.2 Å². The highest BCUT2D eigenvalue weighted by Gasteiger charge is 2.36. The van der Waals surface area contributed by atoms with Crippen molar-refractivity contribution in [2.75, 3.05) is 25.5 Å². The predicted octanol–water partition coefficient (Wildman–Crippen LogP) is 3.21. The highest BCUT2D eigenvalue weighted by Crippen LogP contribution is 2.39. The minimum absolute atomic E-state index is 0.0378. The van der Waals surface area contributed by atoms with Crippen LogP contribution < -0.4 is 14.2 Å². The molecule has 3 heterocycles. The van der Waals surface area contributed by atoms with E-state index in [2.05, 4.69) is 24.9 Å². The molecule has 1 N–H and O–H groups in total. The molecule has 194 valence electrons. The van der Waals surface area contributed by atoms with Gasteiger partial charge in [0.1, 0.15) is 28.8 Å². The Morgan fingerprint density at radius 2 is 1.75 bits per heavy atom. The first-order chi connectivity index (χ1) is 17.2. The minimum atomic E-state index is -3.93. The van der Waals surface area contributed by atoms with Crippen LogP contribution in [0.15, 0.2) is 30.6 Å². The van der Waals surface area contributed by atoms with E-state index in [1.807, 2.05) is 13.8 Å². The van der Waals surface area contributed by atoms with Gasteiger partial charge in [0.05, 0.1) is 25.6 Å². The van der Waals surface area contributed by atoms with E-state index in [9.17, 15) is 8.42 Å². The molecule has 11 nitrogen and oxygen atoms in total. The van der Waals surface area contributed by atoms with E-state index in [1.165, 1.54) is 0 Å². The summed E-state index contributed by atoms with van der Waals surface area (Å²) in [7, 11) is -0.849. The Morgan fingerprint density at radius 3 is 2.31 bits per heavy atom. The lowest BCUT2D eigenvalue weighted by Crippen LogP contribution is -2.31. The van der Waals surface area contributed by atoms with Crippen molar-refractivity contribution in [2.45, 2.75) is 57.3 Å². The first-order valence-corrected chi connectivity index (χ1v) is 13.3. The van der Waals surface area contributed by atoms with Gasteiger partial charge < -0.3 is 14.2 Å². The summed E-state index contributed by atoms with van der Waals surface area (Å²) in [4.78, 5) is 8.62. The molecule has 1 aliphatic rings. The van der Waals surface area contributed by atoms with Gasteiger partial charge in [-0.1, -0.05) is 13.0 Å². The summed E-state index contributed by atoms with van der Waals surface area (Å²) in [5.41, 5.74) is 1.40. The lowest BCUT2D eigenvalue weighted by molar-refractivity contribution is 0.117. The Labute approximate surface area is 211 Å². The highest BCUT2D eigenvalue weighted by atomic mass is 32.2. The van der Waals surface area contributed by atoms with E-state index in [0.717, 1.165) is 12.0 Å². The SMILES string of the molecule is COc1cccc(OC)c1-n1c(NS(=O)(=O)C(C)C(C)c2ncc(C)cn2)nnc1[C@@H]1CCO[C@H]1C. The molecule has 4 rings (SSSR count). The van der Waals surface area contributed by atoms with Crippen molar-refractivity contribution in [3.63, 3.8) is 0 Å². The fraction of sp³-hybridized carbons (Fsp3) is 0.500. The molecule has 0 saturated carbocycles. The Morgan fingerprint density at radius 1 is 1.11 bits per heavy atom. The number of sulfonamides is 1. The molecule has 0 bridgehead atoms. The number of hydrogen-bond donors (Lipinski definition) is 1. The summed E-state index contributed by atoms with van der Waals surface area (Å²) >= 11 is 0. The van der Waals surface area contributed by atoms with Gasteiger partial charge in [0.25, 0.3) is 0 Å². The minimum Gasteiger partial charge on any atom is -0.494 e. The Hall–Kier alpha value is -3.25. The van der Waals surface area contributed by atoms with Crippen molar-refractivity contribution in [1.82, 2.24) is 24.7 Å². The number of methoxy groups -OCH3 is 2. The quantitative estimate of drug-likeness (QED) is 0.455. The molecular weight excluding hydrogens is 484 g/mol. The first kappa shape index (κ1) is 25.8. The number of hydrogen-bond acceptors (Lipinski definition) is 9. The normalized spacial score (nSPS) is 19.6. The fourth-order valence-corrected chi connectivity index (χ4v) is 5.51. The van der Waals surface area contributed by atoms with Crippen LogP contribution in [0.25, 0.3) is 5.69 Å². The van der Waals surface area contributed by atoms with Gasteiger partial charge in [-0.3, -0.25) is 9.29 Å². The lowest BCUT2D eigenvalue weighted by atomic mass is 10.0. The van der Waals surface area contributed by atoms with Crippen LogP contribution in [0.5, 0.6) is 11.5 Å². The largest absolute Gasteiger partial charge is 0.494 e. The van der Waals surface area contributed by atoms with Gasteiger partial charge >= 0.3 is 0 Å². The summed E-state index contributed by atoms with van der Waals surface area (Å²) < 4.78 is 48.4. The Balaban J connectivity index is 1.78. The summed E-state index contributed by atoms with van der Waals surface area (Å²) in [5, 5.41) is 7.80. The van der Waals surface area contributed by atoms with E-state index in [1.54, 1.807) is 63.2 Å². The number of nitrogens with one attached hydrogen (secondary N) is 1. The molecule has 36 heavy (non-hydrogen) atoms. The van der Waals surface area contributed by atoms with Gasteiger partial charge in [0.2, 0.25) is 16.0 Å². The highest BCUT2D eigenvalue weighted by molar-refractivity contribution is 7.93. The van der Waals surface area contributed by atoms with Crippen molar-refractivity contribution >= 4 is 16.0 Å². The molecule has 0 radical (unpaired) electrons. The zero-order valence-electron chi connectivity index (χ0n) is 21.3. The number of benzene rings is 1. The van der Waals surface area contributed by atoms with E-state index in [4.69, 9.17) is 14.2 Å². The zero-order chi connectivity index (χ0) is 26.0. The third-order valence-electron chi connectivity index (χ3n) is 6.66. The monoisotopic (exact) mass is 516 g/mol. The maximum absolute atomic E-state index is 13.5. The van der Waals surface area contributed by atoms with Crippen molar-refractivity contribution in [1.29, 1.82) is 0 Å². The van der Waals surface area contributed by atoms with Crippen LogP contribution in [0.2, 0.25) is 0 Å². The summed E-state index contributed by atoms with van der Waals surface area (Å²) in [6, 6.07) is 5.34. The molecule has 0 aliphatic carbocycles. The first-order valence-electron chi connectivity index (χ1n) is 11.8. The smallest absolute Gasteiger partial charge is 0.243 e. The number of aromatic nitrogens is 5. The standard InChI is InChI=1S/C24H32N6O5S/c1-14-12-25-22(26-13-14)15(2)17(4)36(31,32)29-24-28-27-23(18-10-11-35-16(18)3)30(24)21-19(33-5)8-7-9-20(21)34-6/h7-9,12-13,15-18H,10-11H2,1-6H3,(H,28,29)/t15?,16-,17?,18+/m0/s1. The second kappa shape index (κ2) is 10.4. The lowest BCUT2D eigenvalue weighted by Gasteiger charge is -2.22. The van der Waals surface area contributed by atoms with Crippen LogP contribution in [-0.2, 0) is 14.8 Å². The number of ether oxygens (including phenoxy) is 3. The van der Waals surface area contributed by atoms with Crippen molar-refractivity contribution in [3.8, 4) is 17.2 Å². The van der Waals surface area contributed by atoms with Crippen LogP contribution in [0.4, 0.5) is 5.95 Å².